The molecule has 11 heavy (non-hydrogen) atoms. The fourth-order valence-corrected chi connectivity index (χ4v) is 1.88. The van der Waals surface area contributed by atoms with Crippen LogP contribution in [0.1, 0.15) is 30.3 Å². The molecule has 0 spiro atoms. The summed E-state index contributed by atoms with van der Waals surface area (Å²) >= 11 is 1.66. The maximum absolute atomic E-state index is 5.93. The van der Waals surface area contributed by atoms with E-state index in [-0.39, 0.29) is 6.04 Å². The average Bonchev–Trinajstić information content (AvgIpc) is 2.67. The summed E-state index contributed by atoms with van der Waals surface area (Å²) in [7, 11) is 0. The summed E-state index contributed by atoms with van der Waals surface area (Å²) in [6.07, 6.45) is 5.71. The molecule has 1 heterocycles. The van der Waals surface area contributed by atoms with Crippen LogP contribution in [0.5, 0.6) is 0 Å². The average molecular weight is 168 g/mol. The van der Waals surface area contributed by atoms with E-state index in [0.717, 1.165) is 17.3 Å². The van der Waals surface area contributed by atoms with Crippen LogP contribution in [0.15, 0.2) is 11.6 Å². The van der Waals surface area contributed by atoms with Crippen LogP contribution in [0, 0.1) is 5.92 Å². The first kappa shape index (κ1) is 7.25. The molecule has 1 aliphatic carbocycles. The molecule has 1 aromatic heterocycles. The van der Waals surface area contributed by atoms with E-state index >= 15 is 0 Å². The molecule has 0 amide bonds. The summed E-state index contributed by atoms with van der Waals surface area (Å²) in [6, 6.07) is 0.197. The summed E-state index contributed by atoms with van der Waals surface area (Å²) in [6.45, 7) is 0. The standard InChI is InChI=1S/C8H12N2S/c9-7(5-6-1-2-6)8-10-3-4-11-8/h3-4,6-7H,1-2,5,9H2/t7-/m0/s1. The maximum atomic E-state index is 5.93. The predicted molar refractivity (Wildman–Crippen MR) is 46.4 cm³/mol. The fraction of sp³-hybridized carbons (Fsp3) is 0.625. The SMILES string of the molecule is N[C@@H](CC1CC1)c1nccs1. The van der Waals surface area contributed by atoms with E-state index in [2.05, 4.69) is 4.98 Å². The zero-order chi connectivity index (χ0) is 7.68. The second-order valence-corrected chi connectivity index (χ2v) is 4.08. The van der Waals surface area contributed by atoms with Crippen molar-refractivity contribution in [1.82, 2.24) is 4.98 Å². The van der Waals surface area contributed by atoms with Gasteiger partial charge in [0.15, 0.2) is 0 Å². The Kier molecular flexibility index (Phi) is 1.92. The summed E-state index contributed by atoms with van der Waals surface area (Å²) in [4.78, 5) is 4.19. The van der Waals surface area contributed by atoms with Gasteiger partial charge >= 0.3 is 0 Å². The molecule has 1 aliphatic rings. The van der Waals surface area contributed by atoms with Gasteiger partial charge in [-0.15, -0.1) is 11.3 Å². The minimum absolute atomic E-state index is 0.197. The van der Waals surface area contributed by atoms with E-state index in [0.29, 0.717) is 0 Å². The van der Waals surface area contributed by atoms with Crippen LogP contribution in [0.3, 0.4) is 0 Å². The predicted octanol–water partition coefficient (Wildman–Crippen LogP) is 1.94. The Morgan fingerprint density at radius 3 is 3.09 bits per heavy atom. The highest BCUT2D eigenvalue weighted by Crippen LogP contribution is 2.36. The highest BCUT2D eigenvalue weighted by Gasteiger charge is 2.25. The summed E-state index contributed by atoms with van der Waals surface area (Å²) in [5.41, 5.74) is 5.93. The monoisotopic (exact) mass is 168 g/mol. The van der Waals surface area contributed by atoms with Crippen molar-refractivity contribution in [2.24, 2.45) is 11.7 Å². The first-order valence-corrected chi connectivity index (χ1v) is 4.89. The Morgan fingerprint density at radius 2 is 2.55 bits per heavy atom. The van der Waals surface area contributed by atoms with Gasteiger partial charge in [-0.2, -0.15) is 0 Å². The molecule has 0 saturated heterocycles. The molecule has 2 nitrogen and oxygen atoms in total. The first-order chi connectivity index (χ1) is 5.36. The molecule has 1 atom stereocenters. The molecule has 0 aromatic carbocycles. The molecule has 3 heteroatoms. The van der Waals surface area contributed by atoms with Gasteiger partial charge in [0.2, 0.25) is 0 Å². The molecule has 1 fully saturated rings. The van der Waals surface area contributed by atoms with Gasteiger partial charge in [-0.05, 0) is 12.3 Å². The van der Waals surface area contributed by atoms with E-state index in [1.807, 2.05) is 11.6 Å². The zero-order valence-electron chi connectivity index (χ0n) is 6.36. The molecule has 0 bridgehead atoms. The molecular formula is C8H12N2S. The summed E-state index contributed by atoms with van der Waals surface area (Å²) in [5.74, 6) is 0.897. The van der Waals surface area contributed by atoms with Crippen LogP contribution in [0.2, 0.25) is 0 Å². The lowest BCUT2D eigenvalue weighted by Gasteiger charge is -2.05. The minimum Gasteiger partial charge on any atom is -0.322 e. The van der Waals surface area contributed by atoms with Crippen molar-refractivity contribution in [3.63, 3.8) is 0 Å². The van der Waals surface area contributed by atoms with Crippen molar-refractivity contribution in [3.8, 4) is 0 Å². The van der Waals surface area contributed by atoms with Crippen LogP contribution >= 0.6 is 11.3 Å². The number of hydrogen-bond donors (Lipinski definition) is 1. The van der Waals surface area contributed by atoms with E-state index in [4.69, 9.17) is 5.73 Å². The van der Waals surface area contributed by atoms with Gasteiger partial charge in [0, 0.05) is 11.6 Å². The zero-order valence-corrected chi connectivity index (χ0v) is 7.18. The van der Waals surface area contributed by atoms with Crippen molar-refractivity contribution in [2.75, 3.05) is 0 Å². The molecule has 1 saturated carbocycles. The maximum Gasteiger partial charge on any atom is 0.109 e. The number of rotatable bonds is 3. The van der Waals surface area contributed by atoms with Gasteiger partial charge in [0.1, 0.15) is 5.01 Å². The Labute approximate surface area is 70.5 Å². The second-order valence-electron chi connectivity index (χ2n) is 3.16. The Balaban J connectivity index is 1.93. The smallest absolute Gasteiger partial charge is 0.109 e. The molecule has 2 rings (SSSR count). The highest BCUT2D eigenvalue weighted by atomic mass is 32.1. The third kappa shape index (κ3) is 1.79. The topological polar surface area (TPSA) is 38.9 Å². The third-order valence-electron chi connectivity index (χ3n) is 2.05. The number of nitrogens with zero attached hydrogens (tertiary/aromatic N) is 1. The number of aromatic nitrogens is 1. The van der Waals surface area contributed by atoms with Crippen LogP contribution in [0.25, 0.3) is 0 Å². The lowest BCUT2D eigenvalue weighted by molar-refractivity contribution is 0.594. The Bertz CT molecular complexity index is 216. The largest absolute Gasteiger partial charge is 0.322 e. The second kappa shape index (κ2) is 2.91. The molecule has 0 aliphatic heterocycles. The number of nitrogens with two attached hydrogens (primary N) is 1. The Hall–Kier alpha value is -0.410. The van der Waals surface area contributed by atoms with Crippen LogP contribution in [-0.2, 0) is 0 Å². The van der Waals surface area contributed by atoms with E-state index in [1.165, 1.54) is 12.8 Å². The lowest BCUT2D eigenvalue weighted by atomic mass is 10.1. The van der Waals surface area contributed by atoms with Gasteiger partial charge in [0.05, 0.1) is 6.04 Å². The molecule has 2 N–H and O–H groups in total. The summed E-state index contributed by atoms with van der Waals surface area (Å²) < 4.78 is 0. The molecule has 1 aromatic rings. The highest BCUT2D eigenvalue weighted by molar-refractivity contribution is 7.09. The molecular weight excluding hydrogens is 156 g/mol. The van der Waals surface area contributed by atoms with Gasteiger partial charge in [-0.1, -0.05) is 12.8 Å². The van der Waals surface area contributed by atoms with E-state index < -0.39 is 0 Å². The number of hydrogen-bond acceptors (Lipinski definition) is 3. The van der Waals surface area contributed by atoms with E-state index in [1.54, 1.807) is 11.3 Å². The van der Waals surface area contributed by atoms with Crippen molar-refractivity contribution in [3.05, 3.63) is 16.6 Å². The van der Waals surface area contributed by atoms with Crippen LogP contribution in [-0.4, -0.2) is 4.98 Å². The van der Waals surface area contributed by atoms with Crippen molar-refractivity contribution in [1.29, 1.82) is 0 Å². The lowest BCUT2D eigenvalue weighted by Crippen LogP contribution is -2.10. The third-order valence-corrected chi connectivity index (χ3v) is 2.96. The molecule has 60 valence electrons. The van der Waals surface area contributed by atoms with Crippen LogP contribution < -0.4 is 5.73 Å². The fourth-order valence-electron chi connectivity index (χ4n) is 1.23. The summed E-state index contributed by atoms with van der Waals surface area (Å²) in [5, 5.41) is 3.08. The van der Waals surface area contributed by atoms with Gasteiger partial charge in [-0.25, -0.2) is 4.98 Å². The van der Waals surface area contributed by atoms with Gasteiger partial charge in [-0.3, -0.25) is 0 Å². The van der Waals surface area contributed by atoms with Crippen molar-refractivity contribution < 1.29 is 0 Å². The van der Waals surface area contributed by atoms with Gasteiger partial charge in [0.25, 0.3) is 0 Å². The minimum atomic E-state index is 0.197. The van der Waals surface area contributed by atoms with Gasteiger partial charge < -0.3 is 5.73 Å². The Morgan fingerprint density at radius 1 is 1.73 bits per heavy atom. The molecule has 0 radical (unpaired) electrons. The van der Waals surface area contributed by atoms with Crippen molar-refractivity contribution in [2.45, 2.75) is 25.3 Å². The quantitative estimate of drug-likeness (QED) is 0.749. The molecule has 0 unspecified atom stereocenters. The van der Waals surface area contributed by atoms with E-state index in [9.17, 15) is 0 Å². The van der Waals surface area contributed by atoms with Crippen molar-refractivity contribution >= 4 is 11.3 Å². The van der Waals surface area contributed by atoms with Crippen LogP contribution in [0.4, 0.5) is 0 Å². The number of thiazole rings is 1. The normalized spacial score (nSPS) is 20.1. The first-order valence-electron chi connectivity index (χ1n) is 4.01.